The lowest BCUT2D eigenvalue weighted by Crippen LogP contribution is -2.12. The number of hydrogen-bond acceptors (Lipinski definition) is 2. The molecule has 0 atom stereocenters. The number of nitrogens with two attached hydrogens (primary N) is 1. The van der Waals surface area contributed by atoms with E-state index >= 15 is 0 Å². The zero-order chi connectivity index (χ0) is 11.1. The molecule has 0 aliphatic carbocycles. The van der Waals surface area contributed by atoms with Crippen molar-refractivity contribution in [3.8, 4) is 0 Å². The van der Waals surface area contributed by atoms with Crippen molar-refractivity contribution >= 4 is 17.4 Å². The van der Waals surface area contributed by atoms with Crippen LogP contribution >= 0.6 is 11.6 Å². The first-order valence-corrected chi connectivity index (χ1v) is 4.12. The van der Waals surface area contributed by atoms with Gasteiger partial charge in [0, 0.05) is 5.56 Å². The Kier molecular flexibility index (Phi) is 2.63. The minimum atomic E-state index is -4.49. The molecule has 1 rings (SSSR count). The fourth-order valence-electron chi connectivity index (χ4n) is 1.11. The van der Waals surface area contributed by atoms with Crippen LogP contribution in [0.5, 0.6) is 0 Å². The molecular formula is C8H8ClF3N2. The summed E-state index contributed by atoms with van der Waals surface area (Å²) in [5.41, 5.74) is 4.41. The molecule has 2 nitrogen and oxygen atoms in total. The molecule has 0 unspecified atom stereocenters. The van der Waals surface area contributed by atoms with Crippen LogP contribution in [0.25, 0.3) is 0 Å². The lowest BCUT2D eigenvalue weighted by Gasteiger charge is -2.14. The van der Waals surface area contributed by atoms with E-state index in [4.69, 9.17) is 17.3 Å². The van der Waals surface area contributed by atoms with Crippen molar-refractivity contribution in [3.05, 3.63) is 21.8 Å². The third-order valence-corrected chi connectivity index (χ3v) is 2.34. The molecule has 1 heterocycles. The second kappa shape index (κ2) is 3.31. The summed E-state index contributed by atoms with van der Waals surface area (Å²) in [4.78, 5) is 3.57. The molecule has 1 aromatic heterocycles. The Morgan fingerprint density at radius 2 is 1.79 bits per heavy atom. The van der Waals surface area contributed by atoms with Gasteiger partial charge in [0.05, 0.1) is 16.3 Å². The smallest absolute Gasteiger partial charge is 0.383 e. The number of hydrogen-bond donors (Lipinski definition) is 1. The van der Waals surface area contributed by atoms with E-state index in [2.05, 4.69) is 4.98 Å². The number of alkyl halides is 3. The van der Waals surface area contributed by atoms with Gasteiger partial charge in [0.2, 0.25) is 0 Å². The molecule has 2 N–H and O–H groups in total. The van der Waals surface area contributed by atoms with E-state index in [0.29, 0.717) is 0 Å². The number of aromatic nitrogens is 1. The van der Waals surface area contributed by atoms with Gasteiger partial charge in [0.15, 0.2) is 0 Å². The Morgan fingerprint density at radius 1 is 1.29 bits per heavy atom. The standard InChI is InChI=1S/C8H8ClF3N2/c1-3-6(9)5(8(10,11)12)4(2)14-7(3)13/h1-2H3,(H2,13,14). The zero-order valence-electron chi connectivity index (χ0n) is 7.54. The van der Waals surface area contributed by atoms with Crippen molar-refractivity contribution in [2.45, 2.75) is 20.0 Å². The van der Waals surface area contributed by atoms with Gasteiger partial charge >= 0.3 is 6.18 Å². The minimum absolute atomic E-state index is 0.0282. The van der Waals surface area contributed by atoms with Crippen LogP contribution in [-0.2, 0) is 6.18 Å². The Morgan fingerprint density at radius 3 is 2.21 bits per heavy atom. The Hall–Kier alpha value is -0.970. The van der Waals surface area contributed by atoms with Gasteiger partial charge in [-0.15, -0.1) is 0 Å². The van der Waals surface area contributed by atoms with Crippen LogP contribution < -0.4 is 5.73 Å². The van der Waals surface area contributed by atoms with Crippen molar-refractivity contribution < 1.29 is 13.2 Å². The fraction of sp³-hybridized carbons (Fsp3) is 0.375. The first-order valence-electron chi connectivity index (χ1n) is 3.74. The maximum absolute atomic E-state index is 12.5. The summed E-state index contributed by atoms with van der Waals surface area (Å²) in [5.74, 6) is 0.0282. The number of nitrogens with zero attached hydrogens (tertiary/aromatic N) is 1. The summed E-state index contributed by atoms with van der Waals surface area (Å²) < 4.78 is 37.4. The van der Waals surface area contributed by atoms with Gasteiger partial charge in [-0.2, -0.15) is 13.2 Å². The highest BCUT2D eigenvalue weighted by Gasteiger charge is 2.36. The molecule has 0 aliphatic rings. The van der Waals surface area contributed by atoms with Gasteiger partial charge < -0.3 is 5.73 Å². The van der Waals surface area contributed by atoms with Crippen LogP contribution in [0.1, 0.15) is 16.8 Å². The van der Waals surface area contributed by atoms with E-state index in [9.17, 15) is 13.2 Å². The number of aryl methyl sites for hydroxylation is 1. The zero-order valence-corrected chi connectivity index (χ0v) is 8.29. The molecule has 78 valence electrons. The van der Waals surface area contributed by atoms with Crippen LogP contribution in [0.4, 0.5) is 19.0 Å². The van der Waals surface area contributed by atoms with E-state index < -0.39 is 11.7 Å². The molecule has 0 radical (unpaired) electrons. The quantitative estimate of drug-likeness (QED) is 0.736. The van der Waals surface area contributed by atoms with E-state index in [1.807, 2.05) is 0 Å². The first-order chi connectivity index (χ1) is 6.25. The minimum Gasteiger partial charge on any atom is -0.383 e. The van der Waals surface area contributed by atoms with Gasteiger partial charge in [0.1, 0.15) is 5.82 Å². The molecule has 0 saturated carbocycles. The molecule has 1 aromatic rings. The number of anilines is 1. The number of halogens is 4. The van der Waals surface area contributed by atoms with Gasteiger partial charge in [0.25, 0.3) is 0 Å². The average Bonchev–Trinajstić information content (AvgIpc) is 1.97. The lowest BCUT2D eigenvalue weighted by atomic mass is 10.1. The van der Waals surface area contributed by atoms with Crippen molar-refractivity contribution in [2.75, 3.05) is 5.73 Å². The van der Waals surface area contributed by atoms with Crippen molar-refractivity contribution in [1.82, 2.24) is 4.98 Å². The van der Waals surface area contributed by atoms with Crippen molar-refractivity contribution in [2.24, 2.45) is 0 Å². The SMILES string of the molecule is Cc1nc(N)c(C)c(Cl)c1C(F)(F)F. The Bertz CT molecular complexity index is 374. The topological polar surface area (TPSA) is 38.9 Å². The van der Waals surface area contributed by atoms with Crippen LogP contribution in [0, 0.1) is 13.8 Å². The summed E-state index contributed by atoms with van der Waals surface area (Å²) in [5, 5.41) is -0.373. The molecule has 0 aliphatic heterocycles. The number of nitrogen functional groups attached to an aromatic ring is 1. The molecule has 14 heavy (non-hydrogen) atoms. The number of rotatable bonds is 0. The molecule has 6 heteroatoms. The largest absolute Gasteiger partial charge is 0.419 e. The molecule has 0 bridgehead atoms. The van der Waals surface area contributed by atoms with E-state index in [1.54, 1.807) is 0 Å². The third-order valence-electron chi connectivity index (χ3n) is 1.87. The highest BCUT2D eigenvalue weighted by molar-refractivity contribution is 6.32. The van der Waals surface area contributed by atoms with Crippen LogP contribution in [0.3, 0.4) is 0 Å². The summed E-state index contributed by atoms with van der Waals surface area (Å²) in [6, 6.07) is 0. The normalized spacial score (nSPS) is 11.9. The fourth-order valence-corrected chi connectivity index (χ4v) is 1.45. The maximum Gasteiger partial charge on any atom is 0.419 e. The molecule has 0 spiro atoms. The third kappa shape index (κ3) is 1.77. The Labute approximate surface area is 83.9 Å². The van der Waals surface area contributed by atoms with Crippen LogP contribution in [0.15, 0.2) is 0 Å². The molecule has 0 aromatic carbocycles. The van der Waals surface area contributed by atoms with E-state index in [1.165, 1.54) is 13.8 Å². The predicted molar refractivity (Wildman–Crippen MR) is 48.1 cm³/mol. The molecule has 0 saturated heterocycles. The second-order valence-corrected chi connectivity index (χ2v) is 3.27. The highest BCUT2D eigenvalue weighted by Crippen LogP contribution is 2.38. The van der Waals surface area contributed by atoms with E-state index in [0.717, 1.165) is 0 Å². The average molecular weight is 225 g/mol. The van der Waals surface area contributed by atoms with Crippen LogP contribution in [-0.4, -0.2) is 4.98 Å². The summed E-state index contributed by atoms with van der Waals surface area (Å²) in [7, 11) is 0. The highest BCUT2D eigenvalue weighted by atomic mass is 35.5. The summed E-state index contributed by atoms with van der Waals surface area (Å²) in [6.45, 7) is 2.63. The monoisotopic (exact) mass is 224 g/mol. The maximum atomic E-state index is 12.5. The van der Waals surface area contributed by atoms with Crippen molar-refractivity contribution in [1.29, 1.82) is 0 Å². The number of pyridine rings is 1. The van der Waals surface area contributed by atoms with Gasteiger partial charge in [-0.3, -0.25) is 0 Å². The summed E-state index contributed by atoms with van der Waals surface area (Å²) in [6.07, 6.45) is -4.49. The molecule has 0 fully saturated rings. The van der Waals surface area contributed by atoms with Gasteiger partial charge in [-0.1, -0.05) is 11.6 Å². The van der Waals surface area contributed by atoms with Crippen molar-refractivity contribution in [3.63, 3.8) is 0 Å². The lowest BCUT2D eigenvalue weighted by molar-refractivity contribution is -0.138. The second-order valence-electron chi connectivity index (χ2n) is 2.89. The van der Waals surface area contributed by atoms with Crippen LogP contribution in [0.2, 0.25) is 5.02 Å². The molecular weight excluding hydrogens is 217 g/mol. The van der Waals surface area contributed by atoms with Gasteiger partial charge in [-0.25, -0.2) is 4.98 Å². The Balaban J connectivity index is 3.53. The summed E-state index contributed by atoms with van der Waals surface area (Å²) >= 11 is 5.55. The molecule has 0 amide bonds. The van der Waals surface area contributed by atoms with Gasteiger partial charge in [-0.05, 0) is 13.8 Å². The first kappa shape index (κ1) is 11.1. The predicted octanol–water partition coefficient (Wildman–Crippen LogP) is 2.95. The van der Waals surface area contributed by atoms with E-state index in [-0.39, 0.29) is 22.1 Å².